The fourth-order valence-electron chi connectivity index (χ4n) is 2.82. The maximum Gasteiger partial charge on any atom is 0.232 e. The Kier molecular flexibility index (Phi) is 3.30. The van der Waals surface area contributed by atoms with Crippen molar-refractivity contribution >= 4 is 27.8 Å². The SMILES string of the molecule is COc1nc(N2CCCC3C(=O)NCC32)ncc1Br. The molecule has 0 aliphatic carbocycles. The molecule has 0 radical (unpaired) electrons. The molecule has 2 aliphatic rings. The van der Waals surface area contributed by atoms with Crippen LogP contribution in [-0.4, -0.2) is 42.1 Å². The topological polar surface area (TPSA) is 67.3 Å². The summed E-state index contributed by atoms with van der Waals surface area (Å²) in [6.07, 6.45) is 3.62. The van der Waals surface area contributed by atoms with Gasteiger partial charge in [-0.1, -0.05) is 0 Å². The zero-order valence-electron chi connectivity index (χ0n) is 10.6. The third kappa shape index (κ3) is 2.16. The number of halogens is 1. The molecular formula is C12H15BrN4O2. The van der Waals surface area contributed by atoms with Crippen molar-refractivity contribution in [3.05, 3.63) is 10.7 Å². The van der Waals surface area contributed by atoms with Gasteiger partial charge in [0.1, 0.15) is 0 Å². The molecule has 2 aliphatic heterocycles. The Balaban J connectivity index is 1.91. The minimum atomic E-state index is 0.0620. The highest BCUT2D eigenvalue weighted by molar-refractivity contribution is 9.10. The standard InChI is InChI=1S/C12H15BrN4O2/c1-19-11-8(13)5-15-12(16-11)17-4-2-3-7-9(17)6-14-10(7)18/h5,7,9H,2-4,6H2,1H3,(H,14,18). The van der Waals surface area contributed by atoms with Crippen molar-refractivity contribution < 1.29 is 9.53 Å². The molecule has 1 amide bonds. The second kappa shape index (κ2) is 4.96. The van der Waals surface area contributed by atoms with Gasteiger partial charge in [-0.25, -0.2) is 4.98 Å². The summed E-state index contributed by atoms with van der Waals surface area (Å²) >= 11 is 3.35. The first-order chi connectivity index (χ1) is 9.20. The van der Waals surface area contributed by atoms with E-state index in [0.29, 0.717) is 18.4 Å². The molecule has 0 saturated carbocycles. The average Bonchev–Trinajstić information content (AvgIpc) is 2.81. The summed E-state index contributed by atoms with van der Waals surface area (Å²) in [5.41, 5.74) is 0. The van der Waals surface area contributed by atoms with Crippen molar-refractivity contribution in [2.24, 2.45) is 5.92 Å². The summed E-state index contributed by atoms with van der Waals surface area (Å²) in [4.78, 5) is 22.6. The van der Waals surface area contributed by atoms with Gasteiger partial charge in [0.05, 0.1) is 29.7 Å². The summed E-state index contributed by atoms with van der Waals surface area (Å²) in [7, 11) is 1.58. The van der Waals surface area contributed by atoms with Crippen LogP contribution >= 0.6 is 15.9 Å². The number of rotatable bonds is 2. The summed E-state index contributed by atoms with van der Waals surface area (Å²) in [6, 6.07) is 0.159. The van der Waals surface area contributed by atoms with E-state index in [0.717, 1.165) is 23.9 Å². The Morgan fingerprint density at radius 1 is 1.58 bits per heavy atom. The zero-order valence-corrected chi connectivity index (χ0v) is 12.2. The first kappa shape index (κ1) is 12.7. The van der Waals surface area contributed by atoms with Crippen molar-refractivity contribution in [2.45, 2.75) is 18.9 Å². The minimum absolute atomic E-state index is 0.0620. The van der Waals surface area contributed by atoms with Crippen molar-refractivity contribution in [3.8, 4) is 5.88 Å². The maximum absolute atomic E-state index is 11.8. The van der Waals surface area contributed by atoms with Crippen LogP contribution in [0.25, 0.3) is 0 Å². The number of carbonyl (C=O) groups excluding carboxylic acids is 1. The van der Waals surface area contributed by atoms with Crippen LogP contribution < -0.4 is 15.0 Å². The Bertz CT molecular complexity index is 511. The monoisotopic (exact) mass is 326 g/mol. The van der Waals surface area contributed by atoms with Gasteiger partial charge in [0, 0.05) is 13.1 Å². The molecule has 1 N–H and O–H groups in total. The second-order valence-corrected chi connectivity index (χ2v) is 5.64. The minimum Gasteiger partial charge on any atom is -0.480 e. The first-order valence-corrected chi connectivity index (χ1v) is 7.11. The van der Waals surface area contributed by atoms with E-state index in [-0.39, 0.29) is 17.9 Å². The average molecular weight is 327 g/mol. The molecule has 0 spiro atoms. The number of aromatic nitrogens is 2. The number of ether oxygens (including phenoxy) is 1. The lowest BCUT2D eigenvalue weighted by atomic mass is 9.92. The summed E-state index contributed by atoms with van der Waals surface area (Å²) < 4.78 is 5.93. The summed E-state index contributed by atoms with van der Waals surface area (Å²) in [5, 5.41) is 2.92. The van der Waals surface area contributed by atoms with E-state index in [1.54, 1.807) is 13.3 Å². The number of fused-ring (bicyclic) bond motifs is 1. The molecule has 1 aromatic heterocycles. The molecule has 2 atom stereocenters. The number of hydrogen-bond acceptors (Lipinski definition) is 5. The van der Waals surface area contributed by atoms with Crippen molar-refractivity contribution in [1.82, 2.24) is 15.3 Å². The molecule has 3 rings (SSSR count). The predicted octanol–water partition coefficient (Wildman–Crippen LogP) is 0.962. The molecule has 0 bridgehead atoms. The Morgan fingerprint density at radius 2 is 2.42 bits per heavy atom. The molecular weight excluding hydrogens is 312 g/mol. The molecule has 0 aromatic carbocycles. The molecule has 7 heteroatoms. The van der Waals surface area contributed by atoms with Crippen molar-refractivity contribution in [1.29, 1.82) is 0 Å². The zero-order chi connectivity index (χ0) is 13.4. The van der Waals surface area contributed by atoms with Crippen LogP contribution in [0.5, 0.6) is 5.88 Å². The smallest absolute Gasteiger partial charge is 0.232 e. The van der Waals surface area contributed by atoms with E-state index < -0.39 is 0 Å². The third-order valence-electron chi connectivity index (χ3n) is 3.75. The van der Waals surface area contributed by atoms with Gasteiger partial charge in [-0.3, -0.25) is 4.79 Å². The number of amides is 1. The second-order valence-electron chi connectivity index (χ2n) is 4.78. The fraction of sp³-hybridized carbons (Fsp3) is 0.583. The van der Waals surface area contributed by atoms with E-state index in [1.807, 2.05) is 0 Å². The Hall–Kier alpha value is -1.37. The molecule has 19 heavy (non-hydrogen) atoms. The number of methoxy groups -OCH3 is 1. The molecule has 102 valence electrons. The molecule has 3 heterocycles. The number of nitrogens with one attached hydrogen (secondary N) is 1. The van der Waals surface area contributed by atoms with E-state index in [2.05, 4.69) is 36.1 Å². The van der Waals surface area contributed by atoms with Crippen LogP contribution in [0.1, 0.15) is 12.8 Å². The number of piperidine rings is 1. The van der Waals surface area contributed by atoms with Gasteiger partial charge in [0.2, 0.25) is 17.7 Å². The molecule has 6 nitrogen and oxygen atoms in total. The lowest BCUT2D eigenvalue weighted by Crippen LogP contribution is -2.46. The number of carbonyl (C=O) groups is 1. The highest BCUT2D eigenvalue weighted by Gasteiger charge is 2.41. The number of anilines is 1. The summed E-state index contributed by atoms with van der Waals surface area (Å²) in [6.45, 7) is 1.55. The van der Waals surface area contributed by atoms with Gasteiger partial charge in [0.15, 0.2) is 0 Å². The van der Waals surface area contributed by atoms with Gasteiger partial charge in [-0.2, -0.15) is 4.98 Å². The Labute approximate surface area is 119 Å². The predicted molar refractivity (Wildman–Crippen MR) is 73.2 cm³/mol. The highest BCUT2D eigenvalue weighted by Crippen LogP contribution is 2.31. The van der Waals surface area contributed by atoms with Gasteiger partial charge < -0.3 is 15.0 Å². The van der Waals surface area contributed by atoms with Crippen molar-refractivity contribution in [2.75, 3.05) is 25.1 Å². The van der Waals surface area contributed by atoms with E-state index in [4.69, 9.17) is 4.74 Å². The van der Waals surface area contributed by atoms with Gasteiger partial charge in [-0.15, -0.1) is 0 Å². The van der Waals surface area contributed by atoms with Gasteiger partial charge >= 0.3 is 0 Å². The maximum atomic E-state index is 11.8. The highest BCUT2D eigenvalue weighted by atomic mass is 79.9. The third-order valence-corrected chi connectivity index (χ3v) is 4.29. The normalized spacial score (nSPS) is 26.0. The van der Waals surface area contributed by atoms with Crippen LogP contribution in [0.4, 0.5) is 5.95 Å². The number of nitrogens with zero attached hydrogens (tertiary/aromatic N) is 3. The van der Waals surface area contributed by atoms with Crippen LogP contribution in [-0.2, 0) is 4.79 Å². The lowest BCUT2D eigenvalue weighted by molar-refractivity contribution is -0.123. The van der Waals surface area contributed by atoms with E-state index in [1.165, 1.54) is 0 Å². The first-order valence-electron chi connectivity index (χ1n) is 6.31. The summed E-state index contributed by atoms with van der Waals surface area (Å²) in [5.74, 6) is 1.36. The Morgan fingerprint density at radius 3 is 3.21 bits per heavy atom. The van der Waals surface area contributed by atoms with E-state index >= 15 is 0 Å². The van der Waals surface area contributed by atoms with Crippen LogP contribution in [0.15, 0.2) is 10.7 Å². The molecule has 1 aromatic rings. The fourth-order valence-corrected chi connectivity index (χ4v) is 3.18. The largest absolute Gasteiger partial charge is 0.480 e. The molecule has 2 saturated heterocycles. The van der Waals surface area contributed by atoms with Crippen LogP contribution in [0, 0.1) is 5.92 Å². The van der Waals surface area contributed by atoms with Crippen molar-refractivity contribution in [3.63, 3.8) is 0 Å². The molecule has 2 fully saturated rings. The van der Waals surface area contributed by atoms with Crippen LogP contribution in [0.2, 0.25) is 0 Å². The lowest BCUT2D eigenvalue weighted by Gasteiger charge is -2.35. The quantitative estimate of drug-likeness (QED) is 0.876. The van der Waals surface area contributed by atoms with Gasteiger partial charge in [-0.05, 0) is 28.8 Å². The van der Waals surface area contributed by atoms with Crippen LogP contribution in [0.3, 0.4) is 0 Å². The van der Waals surface area contributed by atoms with E-state index in [9.17, 15) is 4.79 Å². The van der Waals surface area contributed by atoms with Gasteiger partial charge in [0.25, 0.3) is 0 Å². The number of hydrogen-bond donors (Lipinski definition) is 1. The molecule has 2 unspecified atom stereocenters.